The van der Waals surface area contributed by atoms with Crippen molar-refractivity contribution in [2.24, 2.45) is 0 Å². The van der Waals surface area contributed by atoms with Gasteiger partial charge < -0.3 is 5.73 Å². The molecule has 0 spiro atoms. The fourth-order valence-corrected chi connectivity index (χ4v) is 1.65. The molecule has 2 rings (SSSR count). The molecular weight excluding hydrogens is 233 g/mol. The summed E-state index contributed by atoms with van der Waals surface area (Å²) in [5.74, 6) is 0. The van der Waals surface area contributed by atoms with Crippen LogP contribution in [-0.4, -0.2) is 9.78 Å². The maximum atomic E-state index is 5.82. The Morgan fingerprint density at radius 1 is 1.27 bits per heavy atom. The fraction of sp³-hybridized carbons (Fsp3) is 0.100. The molecule has 78 valence electrons. The lowest BCUT2D eigenvalue weighted by Gasteiger charge is -2.05. The van der Waals surface area contributed by atoms with Gasteiger partial charge in [-0.3, -0.25) is 4.68 Å². The highest BCUT2D eigenvalue weighted by atomic mass is 35.5. The van der Waals surface area contributed by atoms with E-state index in [9.17, 15) is 0 Å². The highest BCUT2D eigenvalue weighted by molar-refractivity contribution is 6.31. The van der Waals surface area contributed by atoms with E-state index >= 15 is 0 Å². The number of aromatic nitrogens is 2. The second-order valence-electron chi connectivity index (χ2n) is 3.20. The number of hydrogen-bond acceptors (Lipinski definition) is 2. The number of nitrogens with zero attached hydrogens (tertiary/aromatic N) is 2. The van der Waals surface area contributed by atoms with Crippen LogP contribution in [0.4, 0.5) is 5.69 Å². The monoisotopic (exact) mass is 241 g/mol. The zero-order valence-electron chi connectivity index (χ0n) is 7.82. The van der Waals surface area contributed by atoms with Gasteiger partial charge in [-0.2, -0.15) is 5.10 Å². The van der Waals surface area contributed by atoms with Gasteiger partial charge in [-0.15, -0.1) is 0 Å². The normalized spacial score (nSPS) is 10.5. The van der Waals surface area contributed by atoms with Gasteiger partial charge in [0.1, 0.15) is 0 Å². The van der Waals surface area contributed by atoms with Crippen molar-refractivity contribution in [1.29, 1.82) is 0 Å². The smallest absolute Gasteiger partial charge is 0.0785 e. The van der Waals surface area contributed by atoms with Gasteiger partial charge in [0.15, 0.2) is 0 Å². The van der Waals surface area contributed by atoms with E-state index in [0.717, 1.165) is 5.56 Å². The van der Waals surface area contributed by atoms with E-state index in [0.29, 0.717) is 22.3 Å². The molecule has 15 heavy (non-hydrogen) atoms. The van der Waals surface area contributed by atoms with Gasteiger partial charge >= 0.3 is 0 Å². The van der Waals surface area contributed by atoms with Crippen molar-refractivity contribution in [3.8, 4) is 0 Å². The number of halogens is 2. The van der Waals surface area contributed by atoms with E-state index in [2.05, 4.69) is 5.10 Å². The maximum Gasteiger partial charge on any atom is 0.0785 e. The van der Waals surface area contributed by atoms with E-state index in [1.807, 2.05) is 6.07 Å². The summed E-state index contributed by atoms with van der Waals surface area (Å²) in [6, 6.07) is 5.41. The highest BCUT2D eigenvalue weighted by Crippen LogP contribution is 2.19. The van der Waals surface area contributed by atoms with Gasteiger partial charge in [0, 0.05) is 16.9 Å². The summed E-state index contributed by atoms with van der Waals surface area (Å²) < 4.78 is 1.72. The van der Waals surface area contributed by atoms with E-state index in [1.165, 1.54) is 0 Å². The van der Waals surface area contributed by atoms with Crippen LogP contribution in [0.15, 0.2) is 30.6 Å². The van der Waals surface area contributed by atoms with Gasteiger partial charge in [-0.1, -0.05) is 29.3 Å². The molecule has 0 saturated heterocycles. The number of nitrogens with two attached hydrogens (primary N) is 1. The topological polar surface area (TPSA) is 43.8 Å². The average molecular weight is 242 g/mol. The largest absolute Gasteiger partial charge is 0.398 e. The molecule has 1 aromatic heterocycles. The van der Waals surface area contributed by atoms with Gasteiger partial charge in [0.25, 0.3) is 0 Å². The molecule has 0 unspecified atom stereocenters. The van der Waals surface area contributed by atoms with Crippen molar-refractivity contribution >= 4 is 28.9 Å². The first kappa shape index (κ1) is 10.3. The highest BCUT2D eigenvalue weighted by Gasteiger charge is 2.02. The minimum atomic E-state index is 0.593. The van der Waals surface area contributed by atoms with Gasteiger partial charge in [-0.05, 0) is 17.7 Å². The van der Waals surface area contributed by atoms with Crippen molar-refractivity contribution in [2.45, 2.75) is 6.54 Å². The first-order chi connectivity index (χ1) is 7.15. The number of nitrogen functional groups attached to an aromatic ring is 1. The molecule has 0 saturated carbocycles. The maximum absolute atomic E-state index is 5.82. The summed E-state index contributed by atoms with van der Waals surface area (Å²) in [5, 5.41) is 5.32. The van der Waals surface area contributed by atoms with Crippen LogP contribution >= 0.6 is 23.2 Å². The Morgan fingerprint density at radius 2 is 2.07 bits per heavy atom. The molecule has 1 heterocycles. The lowest BCUT2D eigenvalue weighted by atomic mass is 10.2. The van der Waals surface area contributed by atoms with Gasteiger partial charge in [-0.25, -0.2) is 0 Å². The molecule has 0 aliphatic heterocycles. The zero-order chi connectivity index (χ0) is 10.8. The number of rotatable bonds is 2. The van der Waals surface area contributed by atoms with E-state index in [-0.39, 0.29) is 0 Å². The lowest BCUT2D eigenvalue weighted by molar-refractivity contribution is 0.688. The molecule has 0 amide bonds. The van der Waals surface area contributed by atoms with Crippen molar-refractivity contribution in [1.82, 2.24) is 9.78 Å². The fourth-order valence-electron chi connectivity index (χ4n) is 1.31. The molecule has 5 heteroatoms. The molecule has 2 N–H and O–H groups in total. The van der Waals surface area contributed by atoms with Crippen LogP contribution in [-0.2, 0) is 6.54 Å². The molecule has 0 fully saturated rings. The molecule has 3 nitrogen and oxygen atoms in total. The summed E-state index contributed by atoms with van der Waals surface area (Å²) in [4.78, 5) is 0. The molecule has 1 aromatic carbocycles. The minimum Gasteiger partial charge on any atom is -0.398 e. The Morgan fingerprint density at radius 3 is 2.67 bits per heavy atom. The molecule has 0 radical (unpaired) electrons. The quantitative estimate of drug-likeness (QED) is 0.823. The molecule has 0 atom stereocenters. The van der Waals surface area contributed by atoms with E-state index in [4.69, 9.17) is 28.9 Å². The van der Waals surface area contributed by atoms with Crippen molar-refractivity contribution in [2.75, 3.05) is 5.73 Å². The standard InChI is InChI=1S/C10H9Cl2N3/c11-8-2-1-7(10(13)3-8)5-15-6-9(12)4-14-15/h1-4,6H,5,13H2. The summed E-state index contributed by atoms with van der Waals surface area (Å²) >= 11 is 11.6. The van der Waals surface area contributed by atoms with Crippen LogP contribution in [0.1, 0.15) is 5.56 Å². The Hall–Kier alpha value is -1.19. The predicted molar refractivity (Wildman–Crippen MR) is 62.2 cm³/mol. The lowest BCUT2D eigenvalue weighted by Crippen LogP contribution is -2.03. The van der Waals surface area contributed by atoms with Gasteiger partial charge in [0.2, 0.25) is 0 Å². The van der Waals surface area contributed by atoms with Crippen molar-refractivity contribution in [3.63, 3.8) is 0 Å². The van der Waals surface area contributed by atoms with Crippen LogP contribution in [0.5, 0.6) is 0 Å². The van der Waals surface area contributed by atoms with E-state index < -0.39 is 0 Å². The molecule has 0 aliphatic rings. The average Bonchev–Trinajstić information content (AvgIpc) is 2.56. The predicted octanol–water partition coefficient (Wildman–Crippen LogP) is 2.82. The third-order valence-corrected chi connectivity index (χ3v) is 2.47. The number of anilines is 1. The van der Waals surface area contributed by atoms with Crippen LogP contribution in [0, 0.1) is 0 Å². The Labute approximate surface area is 97.4 Å². The van der Waals surface area contributed by atoms with E-state index in [1.54, 1.807) is 29.2 Å². The Bertz CT molecular complexity index is 479. The Kier molecular flexibility index (Phi) is 2.84. The summed E-state index contributed by atoms with van der Waals surface area (Å²) in [5.41, 5.74) is 7.45. The summed E-state index contributed by atoms with van der Waals surface area (Å²) in [6.45, 7) is 0.593. The third kappa shape index (κ3) is 2.43. The summed E-state index contributed by atoms with van der Waals surface area (Å²) in [7, 11) is 0. The first-order valence-corrected chi connectivity index (χ1v) is 5.12. The second-order valence-corrected chi connectivity index (χ2v) is 4.07. The Balaban J connectivity index is 2.24. The van der Waals surface area contributed by atoms with Crippen molar-refractivity contribution in [3.05, 3.63) is 46.2 Å². The van der Waals surface area contributed by atoms with Crippen LogP contribution in [0.3, 0.4) is 0 Å². The molecular formula is C10H9Cl2N3. The van der Waals surface area contributed by atoms with Gasteiger partial charge in [0.05, 0.1) is 17.8 Å². The third-order valence-electron chi connectivity index (χ3n) is 2.04. The molecule has 2 aromatic rings. The van der Waals surface area contributed by atoms with Crippen LogP contribution in [0.2, 0.25) is 10.0 Å². The number of hydrogen-bond donors (Lipinski definition) is 1. The molecule has 0 aliphatic carbocycles. The summed E-state index contributed by atoms with van der Waals surface area (Å²) in [6.07, 6.45) is 3.34. The molecule has 0 bridgehead atoms. The SMILES string of the molecule is Nc1cc(Cl)ccc1Cn1cc(Cl)cn1. The first-order valence-electron chi connectivity index (χ1n) is 4.37. The second kappa shape index (κ2) is 4.13. The zero-order valence-corrected chi connectivity index (χ0v) is 9.33. The number of benzene rings is 1. The van der Waals surface area contributed by atoms with Crippen LogP contribution in [0.25, 0.3) is 0 Å². The van der Waals surface area contributed by atoms with Crippen LogP contribution < -0.4 is 5.73 Å². The van der Waals surface area contributed by atoms with Crippen molar-refractivity contribution < 1.29 is 0 Å². The minimum absolute atomic E-state index is 0.593.